The Kier molecular flexibility index (Phi) is 4.99. The van der Waals surface area contributed by atoms with Crippen LogP contribution in [0, 0.1) is 0 Å². The SMILES string of the molecule is O=C(NC1CCCCC1)c1cn(Cc2ccccc2)c(=O)cc1O. The lowest BCUT2D eigenvalue weighted by Crippen LogP contribution is -2.36. The fourth-order valence-electron chi connectivity index (χ4n) is 3.15. The number of hydrogen-bond donors (Lipinski definition) is 2. The molecule has 126 valence electrons. The Labute approximate surface area is 140 Å². The third-order valence-corrected chi connectivity index (χ3v) is 4.48. The highest BCUT2D eigenvalue weighted by molar-refractivity contribution is 5.96. The van der Waals surface area contributed by atoms with E-state index in [0.29, 0.717) is 6.54 Å². The maximum Gasteiger partial charge on any atom is 0.256 e. The van der Waals surface area contributed by atoms with Crippen molar-refractivity contribution < 1.29 is 9.90 Å². The first kappa shape index (κ1) is 16.3. The zero-order chi connectivity index (χ0) is 16.9. The van der Waals surface area contributed by atoms with Gasteiger partial charge in [0.15, 0.2) is 0 Å². The molecule has 0 saturated heterocycles. The fourth-order valence-corrected chi connectivity index (χ4v) is 3.15. The number of rotatable bonds is 4. The molecule has 1 heterocycles. The van der Waals surface area contributed by atoms with Gasteiger partial charge in [0.05, 0.1) is 12.1 Å². The molecular weight excluding hydrogens is 304 g/mol. The highest BCUT2D eigenvalue weighted by Gasteiger charge is 2.19. The quantitative estimate of drug-likeness (QED) is 0.907. The van der Waals surface area contributed by atoms with Gasteiger partial charge in [-0.05, 0) is 18.4 Å². The van der Waals surface area contributed by atoms with E-state index >= 15 is 0 Å². The van der Waals surface area contributed by atoms with Gasteiger partial charge in [-0.2, -0.15) is 0 Å². The molecule has 1 fully saturated rings. The molecular formula is C19H22N2O3. The lowest BCUT2D eigenvalue weighted by atomic mass is 9.95. The van der Waals surface area contributed by atoms with E-state index in [-0.39, 0.29) is 28.8 Å². The summed E-state index contributed by atoms with van der Waals surface area (Å²) >= 11 is 0. The van der Waals surface area contributed by atoms with Crippen molar-refractivity contribution >= 4 is 5.91 Å². The Balaban J connectivity index is 1.81. The molecule has 0 atom stereocenters. The minimum atomic E-state index is -0.328. The van der Waals surface area contributed by atoms with Crippen molar-refractivity contribution in [2.45, 2.75) is 44.7 Å². The van der Waals surface area contributed by atoms with Gasteiger partial charge in [0, 0.05) is 18.3 Å². The van der Waals surface area contributed by atoms with E-state index in [9.17, 15) is 14.7 Å². The molecule has 1 aliphatic carbocycles. The zero-order valence-electron chi connectivity index (χ0n) is 13.6. The molecule has 2 aromatic rings. The molecule has 3 rings (SSSR count). The third kappa shape index (κ3) is 3.85. The molecule has 24 heavy (non-hydrogen) atoms. The molecule has 0 bridgehead atoms. The van der Waals surface area contributed by atoms with Crippen LogP contribution in [0.3, 0.4) is 0 Å². The van der Waals surface area contributed by atoms with Crippen molar-refractivity contribution in [2.75, 3.05) is 0 Å². The van der Waals surface area contributed by atoms with E-state index < -0.39 is 0 Å². The Morgan fingerprint density at radius 1 is 1.17 bits per heavy atom. The van der Waals surface area contributed by atoms with Crippen LogP contribution >= 0.6 is 0 Å². The molecule has 0 spiro atoms. The van der Waals surface area contributed by atoms with Crippen LogP contribution in [0.2, 0.25) is 0 Å². The molecule has 0 unspecified atom stereocenters. The first-order valence-electron chi connectivity index (χ1n) is 8.42. The molecule has 1 aromatic carbocycles. The Hall–Kier alpha value is -2.56. The topological polar surface area (TPSA) is 71.3 Å². The maximum atomic E-state index is 12.5. The number of nitrogens with zero attached hydrogens (tertiary/aromatic N) is 1. The average Bonchev–Trinajstić information content (AvgIpc) is 2.59. The standard InChI is InChI=1S/C19H22N2O3/c22-17-11-18(23)21(12-14-7-3-1-4-8-14)13-16(17)19(24)20-15-9-5-2-6-10-15/h1,3-4,7-8,11,13,15,22H,2,5-6,9-10,12H2,(H,20,24). The van der Waals surface area contributed by atoms with Crippen LogP contribution < -0.4 is 10.9 Å². The summed E-state index contributed by atoms with van der Waals surface area (Å²) in [5.41, 5.74) is 0.783. The van der Waals surface area contributed by atoms with E-state index in [1.807, 2.05) is 30.3 Å². The number of benzene rings is 1. The number of pyridine rings is 1. The number of nitrogens with one attached hydrogen (secondary N) is 1. The van der Waals surface area contributed by atoms with Gasteiger partial charge < -0.3 is 15.0 Å². The number of aromatic nitrogens is 1. The molecule has 1 amide bonds. The van der Waals surface area contributed by atoms with Crippen LogP contribution in [-0.4, -0.2) is 21.6 Å². The number of hydrogen-bond acceptors (Lipinski definition) is 3. The van der Waals surface area contributed by atoms with Crippen LogP contribution in [0.1, 0.15) is 48.0 Å². The second-order valence-corrected chi connectivity index (χ2v) is 6.33. The molecule has 0 radical (unpaired) electrons. The van der Waals surface area contributed by atoms with Crippen LogP contribution in [0.25, 0.3) is 0 Å². The van der Waals surface area contributed by atoms with E-state index in [0.717, 1.165) is 37.3 Å². The van der Waals surface area contributed by atoms with E-state index in [4.69, 9.17) is 0 Å². The summed E-state index contributed by atoms with van der Waals surface area (Å²) in [6.07, 6.45) is 6.82. The van der Waals surface area contributed by atoms with Gasteiger partial charge in [0.25, 0.3) is 11.5 Å². The molecule has 1 saturated carbocycles. The number of aromatic hydroxyl groups is 1. The molecule has 0 aliphatic heterocycles. The van der Waals surface area contributed by atoms with Gasteiger partial charge in [-0.3, -0.25) is 9.59 Å². The van der Waals surface area contributed by atoms with Crippen molar-refractivity contribution in [3.8, 4) is 5.75 Å². The summed E-state index contributed by atoms with van der Waals surface area (Å²) in [5, 5.41) is 13.0. The van der Waals surface area contributed by atoms with Crippen molar-refractivity contribution in [1.82, 2.24) is 9.88 Å². The minimum absolute atomic E-state index is 0.149. The molecule has 2 N–H and O–H groups in total. The van der Waals surface area contributed by atoms with Gasteiger partial charge in [0.1, 0.15) is 5.75 Å². The largest absolute Gasteiger partial charge is 0.507 e. The van der Waals surface area contributed by atoms with Crippen molar-refractivity contribution in [2.24, 2.45) is 0 Å². The van der Waals surface area contributed by atoms with Crippen LogP contribution in [-0.2, 0) is 6.54 Å². The third-order valence-electron chi connectivity index (χ3n) is 4.48. The normalized spacial score (nSPS) is 15.2. The van der Waals surface area contributed by atoms with E-state index in [2.05, 4.69) is 5.32 Å². The maximum absolute atomic E-state index is 12.5. The molecule has 1 aromatic heterocycles. The van der Waals surface area contributed by atoms with Gasteiger partial charge in [0.2, 0.25) is 0 Å². The summed E-state index contributed by atoms with van der Waals surface area (Å²) in [4.78, 5) is 24.5. The summed E-state index contributed by atoms with van der Waals surface area (Å²) in [7, 11) is 0. The Morgan fingerprint density at radius 2 is 1.88 bits per heavy atom. The monoisotopic (exact) mass is 326 g/mol. The van der Waals surface area contributed by atoms with Crippen molar-refractivity contribution in [3.05, 3.63) is 64.1 Å². The molecule has 5 nitrogen and oxygen atoms in total. The Morgan fingerprint density at radius 3 is 2.58 bits per heavy atom. The average molecular weight is 326 g/mol. The van der Waals surface area contributed by atoms with Gasteiger partial charge in [-0.15, -0.1) is 0 Å². The number of carbonyl (C=O) groups excluding carboxylic acids is 1. The first-order chi connectivity index (χ1) is 11.6. The number of carbonyl (C=O) groups is 1. The van der Waals surface area contributed by atoms with Crippen LogP contribution in [0.5, 0.6) is 5.75 Å². The van der Waals surface area contributed by atoms with Gasteiger partial charge in [-0.1, -0.05) is 49.6 Å². The zero-order valence-corrected chi connectivity index (χ0v) is 13.6. The highest BCUT2D eigenvalue weighted by atomic mass is 16.3. The smallest absolute Gasteiger partial charge is 0.256 e. The highest BCUT2D eigenvalue weighted by Crippen LogP contribution is 2.19. The summed E-state index contributed by atoms with van der Waals surface area (Å²) in [6.45, 7) is 0.365. The predicted octanol–water partition coefficient (Wildman–Crippen LogP) is 2.66. The fraction of sp³-hybridized carbons (Fsp3) is 0.368. The predicted molar refractivity (Wildman–Crippen MR) is 92.3 cm³/mol. The van der Waals surface area contributed by atoms with E-state index in [1.54, 1.807) is 0 Å². The lowest BCUT2D eigenvalue weighted by molar-refractivity contribution is 0.0924. The summed E-state index contributed by atoms with van der Waals surface area (Å²) < 4.78 is 1.45. The second-order valence-electron chi connectivity index (χ2n) is 6.33. The first-order valence-corrected chi connectivity index (χ1v) is 8.42. The van der Waals surface area contributed by atoms with E-state index in [1.165, 1.54) is 17.2 Å². The number of amides is 1. The van der Waals surface area contributed by atoms with Crippen LogP contribution in [0.15, 0.2) is 47.4 Å². The molecule has 5 heteroatoms. The molecule has 1 aliphatic rings. The Bertz CT molecular complexity index is 762. The minimum Gasteiger partial charge on any atom is -0.507 e. The van der Waals surface area contributed by atoms with Crippen molar-refractivity contribution in [3.63, 3.8) is 0 Å². The van der Waals surface area contributed by atoms with Crippen molar-refractivity contribution in [1.29, 1.82) is 0 Å². The summed E-state index contributed by atoms with van der Waals surface area (Å²) in [6, 6.07) is 10.8. The summed E-state index contributed by atoms with van der Waals surface area (Å²) in [5.74, 6) is -0.584. The second kappa shape index (κ2) is 7.34. The lowest BCUT2D eigenvalue weighted by Gasteiger charge is -2.23. The van der Waals surface area contributed by atoms with Crippen LogP contribution in [0.4, 0.5) is 0 Å². The van der Waals surface area contributed by atoms with Gasteiger partial charge in [-0.25, -0.2) is 0 Å². The van der Waals surface area contributed by atoms with Gasteiger partial charge >= 0.3 is 0 Å².